The van der Waals surface area contributed by atoms with Crippen LogP contribution in [0.5, 0.6) is 5.75 Å². The lowest BCUT2D eigenvalue weighted by molar-refractivity contribution is -0.106. The van der Waals surface area contributed by atoms with E-state index in [4.69, 9.17) is 19.0 Å². The van der Waals surface area contributed by atoms with Crippen molar-refractivity contribution >= 4 is 40.9 Å². The minimum Gasteiger partial charge on any atom is -0.491 e. The van der Waals surface area contributed by atoms with Gasteiger partial charge in [0.05, 0.1) is 43.1 Å². The van der Waals surface area contributed by atoms with E-state index in [2.05, 4.69) is 58.1 Å². The van der Waals surface area contributed by atoms with E-state index in [9.17, 15) is 9.59 Å². The predicted octanol–water partition coefficient (Wildman–Crippen LogP) is 5.32. The van der Waals surface area contributed by atoms with Crippen LogP contribution in [0, 0.1) is 0 Å². The van der Waals surface area contributed by atoms with Gasteiger partial charge in [-0.3, -0.25) is 24.4 Å². The van der Waals surface area contributed by atoms with Gasteiger partial charge in [0, 0.05) is 87.3 Å². The van der Waals surface area contributed by atoms with Crippen LogP contribution < -0.4 is 9.64 Å². The number of carbonyl (C=O) groups excluding carboxylic acids is 3. The zero-order chi connectivity index (χ0) is 36.3. The first kappa shape index (κ1) is 37.9. The van der Waals surface area contributed by atoms with Crippen LogP contribution in [-0.2, 0) is 27.7 Å². The van der Waals surface area contributed by atoms with Crippen LogP contribution >= 0.6 is 0 Å². The summed E-state index contributed by atoms with van der Waals surface area (Å²) in [5.74, 6) is 0.0545. The highest BCUT2D eigenvalue weighted by atomic mass is 16.5. The van der Waals surface area contributed by atoms with Crippen molar-refractivity contribution in [2.24, 2.45) is 12.0 Å². The van der Waals surface area contributed by atoms with Gasteiger partial charge in [0.2, 0.25) is 0 Å². The molecule has 3 aliphatic heterocycles. The average Bonchev–Trinajstić information content (AvgIpc) is 3.58. The summed E-state index contributed by atoms with van der Waals surface area (Å²) in [6, 6.07) is 11.8. The van der Waals surface area contributed by atoms with E-state index in [-0.39, 0.29) is 17.9 Å². The van der Waals surface area contributed by atoms with Crippen molar-refractivity contribution < 1.29 is 28.6 Å². The quantitative estimate of drug-likeness (QED) is 0.0857. The third kappa shape index (κ3) is 9.13. The van der Waals surface area contributed by atoms with E-state index in [1.807, 2.05) is 13.1 Å². The van der Waals surface area contributed by atoms with E-state index >= 15 is 0 Å². The number of piperazine rings is 1. The lowest BCUT2D eigenvalue weighted by Gasteiger charge is -2.36. The summed E-state index contributed by atoms with van der Waals surface area (Å²) in [5.41, 5.74) is 7.20. The summed E-state index contributed by atoms with van der Waals surface area (Å²) < 4.78 is 19.7. The number of anilines is 1. The molecule has 6 rings (SSSR count). The molecule has 1 unspecified atom stereocenters. The van der Waals surface area contributed by atoms with E-state index in [0.29, 0.717) is 56.3 Å². The lowest BCUT2D eigenvalue weighted by atomic mass is 10.1. The molecule has 0 saturated carbocycles. The Kier molecular flexibility index (Phi) is 13.6. The Morgan fingerprint density at radius 3 is 2.41 bits per heavy atom. The van der Waals surface area contributed by atoms with Crippen LogP contribution in [0.3, 0.4) is 0 Å². The van der Waals surface area contributed by atoms with Gasteiger partial charge >= 0.3 is 0 Å². The summed E-state index contributed by atoms with van der Waals surface area (Å²) in [7, 11) is 2.17. The molecule has 0 bridgehead atoms. The zero-order valence-electron chi connectivity index (χ0n) is 30.7. The van der Waals surface area contributed by atoms with Crippen molar-refractivity contribution in [1.29, 1.82) is 0 Å². The summed E-state index contributed by atoms with van der Waals surface area (Å²) in [4.78, 5) is 45.6. The van der Waals surface area contributed by atoms with Crippen molar-refractivity contribution in [2.45, 2.75) is 52.5 Å². The summed E-state index contributed by atoms with van der Waals surface area (Å²) in [6.07, 6.45) is 6.21. The molecule has 3 aliphatic rings. The fourth-order valence-corrected chi connectivity index (χ4v) is 6.89. The molecule has 0 spiro atoms. The smallest absolute Gasteiger partial charge is 0.261 e. The SMILES string of the molecule is C=C(CC)CCC(C)N1C(=O)c2ccc(OCCOCCOCCN3CCN(c4ccc5c6c(n(C)c5c4)CCN=C6)CC3)cc2C1=O.CC=O. The maximum absolute atomic E-state index is 13.0. The Morgan fingerprint density at radius 1 is 0.961 bits per heavy atom. The molecule has 0 aliphatic carbocycles. The topological polar surface area (TPSA) is 106 Å². The third-order valence-electron chi connectivity index (χ3n) is 9.95. The Balaban J connectivity index is 0.00000162. The number of allylic oxidation sites excluding steroid dienone is 1. The van der Waals surface area contributed by atoms with Crippen molar-refractivity contribution in [3.05, 3.63) is 70.9 Å². The predicted molar refractivity (Wildman–Crippen MR) is 202 cm³/mol. The molecule has 0 radical (unpaired) electrons. The number of aldehydes is 1. The molecular formula is C40H53N5O6. The first-order chi connectivity index (χ1) is 24.8. The van der Waals surface area contributed by atoms with Crippen LogP contribution in [0.1, 0.15) is 72.0 Å². The molecule has 274 valence electrons. The second-order valence-electron chi connectivity index (χ2n) is 13.2. The van der Waals surface area contributed by atoms with Crippen molar-refractivity contribution in [3.8, 4) is 5.75 Å². The van der Waals surface area contributed by atoms with Gasteiger partial charge in [0.25, 0.3) is 11.8 Å². The monoisotopic (exact) mass is 699 g/mol. The Labute approximate surface area is 301 Å². The van der Waals surface area contributed by atoms with E-state index < -0.39 is 0 Å². The number of nitrogens with zero attached hydrogens (tertiary/aromatic N) is 5. The Hall–Kier alpha value is -4.32. The van der Waals surface area contributed by atoms with Gasteiger partial charge in [-0.15, -0.1) is 0 Å². The summed E-state index contributed by atoms with van der Waals surface area (Å²) in [5, 5.41) is 1.30. The maximum Gasteiger partial charge on any atom is 0.261 e. The fourth-order valence-electron chi connectivity index (χ4n) is 6.89. The molecule has 2 aromatic carbocycles. The Morgan fingerprint density at radius 2 is 1.67 bits per heavy atom. The molecule has 2 amide bonds. The zero-order valence-corrected chi connectivity index (χ0v) is 30.7. The number of carbonyl (C=O) groups is 3. The van der Waals surface area contributed by atoms with E-state index in [1.165, 1.54) is 39.7 Å². The highest BCUT2D eigenvalue weighted by Crippen LogP contribution is 2.31. The molecule has 11 nitrogen and oxygen atoms in total. The van der Waals surface area contributed by atoms with Gasteiger partial charge in [-0.2, -0.15) is 0 Å². The normalized spacial score (nSPS) is 16.2. The number of aliphatic imine (C=N–C) groups is 1. The van der Waals surface area contributed by atoms with Gasteiger partial charge in [0.15, 0.2) is 0 Å². The molecule has 1 fully saturated rings. The first-order valence-corrected chi connectivity index (χ1v) is 18.2. The number of ether oxygens (including phenoxy) is 3. The molecule has 1 saturated heterocycles. The van der Waals surface area contributed by atoms with Crippen molar-refractivity contribution in [1.82, 2.24) is 14.4 Å². The number of amides is 2. The Bertz CT molecular complexity index is 1720. The number of aromatic nitrogens is 1. The molecular weight excluding hydrogens is 646 g/mol. The highest BCUT2D eigenvalue weighted by Gasteiger charge is 2.38. The number of fused-ring (bicyclic) bond motifs is 4. The number of imide groups is 1. The van der Waals surface area contributed by atoms with Gasteiger partial charge < -0.3 is 28.5 Å². The van der Waals surface area contributed by atoms with Gasteiger partial charge in [-0.1, -0.05) is 25.1 Å². The second kappa shape index (κ2) is 18.3. The van der Waals surface area contributed by atoms with Crippen molar-refractivity contribution in [2.75, 3.05) is 77.2 Å². The third-order valence-corrected chi connectivity index (χ3v) is 9.95. The molecule has 3 aromatic rings. The number of rotatable bonds is 16. The minimum atomic E-state index is -0.260. The average molecular weight is 700 g/mol. The standard InChI is InChI=1S/C38H49N5O5.C2H4O/c1-5-27(2)6-7-28(3)43-37(44)32-11-9-30(25-33(32)38(43)45)48-23-22-47-21-20-46-19-18-41-14-16-42(17-15-41)29-8-10-31-34-26-39-13-12-35(34)40(4)36(31)24-29;1-2-3/h8-11,24-26,28H,2,5-7,12-23H2,1,3-4H3;2H,1H3. The molecule has 4 heterocycles. The number of benzene rings is 2. The molecule has 0 N–H and O–H groups in total. The highest BCUT2D eigenvalue weighted by molar-refractivity contribution is 6.21. The maximum atomic E-state index is 13.0. The van der Waals surface area contributed by atoms with E-state index in [1.54, 1.807) is 18.2 Å². The first-order valence-electron chi connectivity index (χ1n) is 18.2. The lowest BCUT2D eigenvalue weighted by Crippen LogP contribution is -2.47. The van der Waals surface area contributed by atoms with Crippen LogP contribution in [0.15, 0.2) is 53.5 Å². The fraction of sp³-hybridized carbons (Fsp3) is 0.500. The molecule has 51 heavy (non-hydrogen) atoms. The molecule has 11 heteroatoms. The van der Waals surface area contributed by atoms with Gasteiger partial charge in [0.1, 0.15) is 18.6 Å². The number of aryl methyl sites for hydroxylation is 1. The summed E-state index contributed by atoms with van der Waals surface area (Å²) in [6.45, 7) is 17.7. The van der Waals surface area contributed by atoms with Gasteiger partial charge in [-0.25, -0.2) is 0 Å². The molecule has 1 atom stereocenters. The van der Waals surface area contributed by atoms with Crippen LogP contribution in [0.4, 0.5) is 5.69 Å². The van der Waals surface area contributed by atoms with E-state index in [0.717, 1.165) is 70.4 Å². The largest absolute Gasteiger partial charge is 0.491 e. The van der Waals surface area contributed by atoms with Crippen LogP contribution in [0.25, 0.3) is 10.9 Å². The molecule has 1 aromatic heterocycles. The van der Waals surface area contributed by atoms with Crippen LogP contribution in [0.2, 0.25) is 0 Å². The minimum absolute atomic E-state index is 0.186. The van der Waals surface area contributed by atoms with Gasteiger partial charge in [-0.05, 0) is 63.4 Å². The summed E-state index contributed by atoms with van der Waals surface area (Å²) >= 11 is 0. The number of hydrogen-bond acceptors (Lipinski definition) is 9. The van der Waals surface area contributed by atoms with Crippen LogP contribution in [-0.4, -0.2) is 117 Å². The van der Waals surface area contributed by atoms with Crippen molar-refractivity contribution in [3.63, 3.8) is 0 Å². The second-order valence-corrected chi connectivity index (χ2v) is 13.2. The number of hydrogen-bond donors (Lipinski definition) is 0.